The lowest BCUT2D eigenvalue weighted by Gasteiger charge is -2.20. The highest BCUT2D eigenvalue weighted by Gasteiger charge is 2.20. The van der Waals surface area contributed by atoms with Crippen LogP contribution in [0.15, 0.2) is 122 Å². The van der Waals surface area contributed by atoms with Gasteiger partial charge in [0.25, 0.3) is 0 Å². The summed E-state index contributed by atoms with van der Waals surface area (Å²) in [5.74, 6) is 2.32. The van der Waals surface area contributed by atoms with Crippen LogP contribution in [-0.2, 0) is 0 Å². The van der Waals surface area contributed by atoms with Crippen LogP contribution in [-0.4, -0.2) is 26.1 Å². The first kappa shape index (κ1) is 19.6. The molecule has 2 aromatic carbocycles. The van der Waals surface area contributed by atoms with E-state index in [0.29, 0.717) is 5.75 Å². The Labute approximate surface area is 202 Å². The zero-order valence-corrected chi connectivity index (χ0v) is 18.8. The van der Waals surface area contributed by atoms with Crippen LogP contribution in [0.5, 0.6) is 11.5 Å². The lowest BCUT2D eigenvalue weighted by Crippen LogP contribution is -2.22. The number of fused-ring (bicyclic) bond motifs is 4. The number of rotatable bonds is 4. The van der Waals surface area contributed by atoms with E-state index in [2.05, 4.69) is 79.2 Å². The molecule has 3 aromatic heterocycles. The maximum absolute atomic E-state index is 6.31. The number of nitrogens with zero attached hydrogens (tertiary/aromatic N) is 5. The summed E-state index contributed by atoms with van der Waals surface area (Å²) in [6.45, 7) is 0.747. The zero-order chi connectivity index (χ0) is 23.2. The molecule has 2 aliphatic heterocycles. The summed E-state index contributed by atoms with van der Waals surface area (Å²) in [6.07, 6.45) is 15.8. The molecule has 0 saturated carbocycles. The van der Waals surface area contributed by atoms with Crippen LogP contribution in [0.25, 0.3) is 27.6 Å². The van der Waals surface area contributed by atoms with Gasteiger partial charge in [0.1, 0.15) is 17.3 Å². The lowest BCUT2D eigenvalue weighted by molar-refractivity contribution is 0.480. The quantitative estimate of drug-likeness (QED) is 0.315. The van der Waals surface area contributed by atoms with Crippen molar-refractivity contribution in [2.75, 3.05) is 11.6 Å². The smallest absolute Gasteiger partial charge is 0.147 e. The molecule has 0 atom stereocenters. The molecular weight excluding hydrogens is 434 g/mol. The Bertz CT molecular complexity index is 1670. The van der Waals surface area contributed by atoms with Crippen molar-refractivity contribution in [1.82, 2.24) is 19.4 Å². The van der Waals surface area contributed by atoms with Gasteiger partial charge < -0.3 is 14.5 Å². The van der Waals surface area contributed by atoms with Gasteiger partial charge in [-0.25, -0.2) is 4.98 Å². The summed E-state index contributed by atoms with van der Waals surface area (Å²) in [5.41, 5.74) is 4.30. The molecule has 0 spiro atoms. The normalized spacial score (nSPS) is 14.6. The average molecular weight is 456 g/mol. The topological polar surface area (TPSA) is 46.4 Å². The van der Waals surface area contributed by atoms with Crippen molar-refractivity contribution < 1.29 is 4.74 Å². The van der Waals surface area contributed by atoms with Crippen molar-refractivity contribution >= 4 is 27.5 Å². The number of hydrogen-bond donors (Lipinski definition) is 0. The molecule has 0 amide bonds. The highest BCUT2D eigenvalue weighted by molar-refractivity contribution is 6.09. The molecule has 0 radical (unpaired) electrons. The van der Waals surface area contributed by atoms with Gasteiger partial charge in [-0.15, -0.1) is 0 Å². The molecular formula is C29H21N5O. The van der Waals surface area contributed by atoms with Crippen LogP contribution in [0.2, 0.25) is 0 Å². The van der Waals surface area contributed by atoms with Crippen LogP contribution in [0.3, 0.4) is 0 Å². The molecule has 0 fully saturated rings. The van der Waals surface area contributed by atoms with E-state index in [-0.39, 0.29) is 0 Å². The fourth-order valence-corrected chi connectivity index (χ4v) is 4.76. The maximum Gasteiger partial charge on any atom is 0.147 e. The number of aromatic nitrogens is 3. The van der Waals surface area contributed by atoms with Crippen molar-refractivity contribution in [3.05, 3.63) is 122 Å². The minimum atomic E-state index is 0.691. The van der Waals surface area contributed by atoms with E-state index >= 15 is 0 Å². The molecule has 5 aromatic rings. The summed E-state index contributed by atoms with van der Waals surface area (Å²) in [6, 6.07) is 22.6. The third kappa shape index (κ3) is 3.35. The van der Waals surface area contributed by atoms with Gasteiger partial charge in [0, 0.05) is 41.5 Å². The number of anilines is 1. The Morgan fingerprint density at radius 3 is 2.60 bits per heavy atom. The summed E-state index contributed by atoms with van der Waals surface area (Å²) in [4.78, 5) is 13.4. The Balaban J connectivity index is 1.26. The van der Waals surface area contributed by atoms with Gasteiger partial charge in [-0.05, 0) is 42.5 Å². The van der Waals surface area contributed by atoms with Crippen molar-refractivity contribution in [1.29, 1.82) is 0 Å². The lowest BCUT2D eigenvalue weighted by atomic mass is 10.1. The molecule has 0 N–H and O–H groups in total. The molecule has 0 unspecified atom stereocenters. The molecule has 0 bridgehead atoms. The second-order valence-corrected chi connectivity index (χ2v) is 8.54. The largest absolute Gasteiger partial charge is 0.456 e. The van der Waals surface area contributed by atoms with Gasteiger partial charge in [-0.1, -0.05) is 30.3 Å². The third-order valence-corrected chi connectivity index (χ3v) is 6.36. The van der Waals surface area contributed by atoms with Crippen molar-refractivity contribution in [2.45, 2.75) is 0 Å². The highest BCUT2D eigenvalue weighted by Crippen LogP contribution is 2.35. The van der Waals surface area contributed by atoms with Gasteiger partial charge in [0.15, 0.2) is 0 Å². The van der Waals surface area contributed by atoms with Crippen LogP contribution in [0.4, 0.5) is 5.69 Å². The van der Waals surface area contributed by atoms with E-state index in [1.54, 1.807) is 6.20 Å². The standard InChI is InChI=1S/C29H21N5O/c1-2-9-27-25(8-1)26-12-11-23(16-28(26)34(27)29-10-3-5-13-31-29)35-24-15-22(17-30-18-24)33-19-21-7-4-6-14-32(21)20-33/h1-19H,20H2. The van der Waals surface area contributed by atoms with Gasteiger partial charge >= 0.3 is 0 Å². The van der Waals surface area contributed by atoms with Crippen molar-refractivity contribution in [3.8, 4) is 17.3 Å². The van der Waals surface area contributed by atoms with Crippen LogP contribution < -0.4 is 9.64 Å². The van der Waals surface area contributed by atoms with Gasteiger partial charge in [0.05, 0.1) is 41.5 Å². The van der Waals surface area contributed by atoms with Crippen LogP contribution in [0.1, 0.15) is 0 Å². The van der Waals surface area contributed by atoms with Crippen molar-refractivity contribution in [2.24, 2.45) is 0 Å². The summed E-state index contributed by atoms with van der Waals surface area (Å²) >= 11 is 0. The molecule has 5 heterocycles. The second-order valence-electron chi connectivity index (χ2n) is 8.54. The van der Waals surface area contributed by atoms with E-state index in [1.807, 2.05) is 54.9 Å². The number of pyridine rings is 2. The van der Waals surface area contributed by atoms with E-state index in [1.165, 1.54) is 5.39 Å². The number of ether oxygens (including phenoxy) is 1. The first-order chi connectivity index (χ1) is 17.3. The van der Waals surface area contributed by atoms with Gasteiger partial charge in [-0.3, -0.25) is 9.55 Å². The first-order valence-corrected chi connectivity index (χ1v) is 11.5. The first-order valence-electron chi connectivity index (χ1n) is 11.5. The summed E-state index contributed by atoms with van der Waals surface area (Å²) in [7, 11) is 0. The maximum atomic E-state index is 6.31. The fraction of sp³-hybridized carbons (Fsp3) is 0.0345. The number of allylic oxidation sites excluding steroid dienone is 3. The van der Waals surface area contributed by atoms with E-state index < -0.39 is 0 Å². The molecule has 0 aliphatic carbocycles. The minimum Gasteiger partial charge on any atom is -0.456 e. The number of benzene rings is 2. The summed E-state index contributed by atoms with van der Waals surface area (Å²) in [5, 5.41) is 2.34. The summed E-state index contributed by atoms with van der Waals surface area (Å²) < 4.78 is 8.49. The highest BCUT2D eigenvalue weighted by atomic mass is 16.5. The van der Waals surface area contributed by atoms with E-state index in [4.69, 9.17) is 4.74 Å². The van der Waals surface area contributed by atoms with Crippen LogP contribution >= 0.6 is 0 Å². The average Bonchev–Trinajstić information content (AvgIpc) is 3.49. The van der Waals surface area contributed by atoms with E-state index in [9.17, 15) is 0 Å². The van der Waals surface area contributed by atoms with Crippen molar-refractivity contribution in [3.63, 3.8) is 0 Å². The Kier molecular flexibility index (Phi) is 4.42. The van der Waals surface area contributed by atoms with Gasteiger partial charge in [0.2, 0.25) is 0 Å². The molecule has 7 rings (SSSR count). The zero-order valence-electron chi connectivity index (χ0n) is 18.8. The molecule has 168 valence electrons. The van der Waals surface area contributed by atoms with E-state index in [0.717, 1.165) is 46.0 Å². The number of hydrogen-bond acceptors (Lipinski definition) is 5. The Hall–Kier alpha value is -4.84. The fourth-order valence-electron chi connectivity index (χ4n) is 4.76. The predicted molar refractivity (Wildman–Crippen MR) is 138 cm³/mol. The molecule has 6 heteroatoms. The molecule has 0 saturated heterocycles. The minimum absolute atomic E-state index is 0.691. The SMILES string of the molecule is C1=CC2=CN(c3cncc(Oc4ccc5c6ccccc6n(-c6ccccn6)c5c4)c3)CN2C=C1. The number of para-hydroxylation sites is 1. The Morgan fingerprint density at radius 1 is 0.771 bits per heavy atom. The molecule has 35 heavy (non-hydrogen) atoms. The van der Waals surface area contributed by atoms with Gasteiger partial charge in [-0.2, -0.15) is 0 Å². The third-order valence-electron chi connectivity index (χ3n) is 6.36. The predicted octanol–water partition coefficient (Wildman–Crippen LogP) is 6.37. The molecule has 2 aliphatic rings. The second kappa shape index (κ2) is 7.88. The monoisotopic (exact) mass is 455 g/mol. The van der Waals surface area contributed by atoms with Crippen LogP contribution in [0, 0.1) is 0 Å². The molecule has 6 nitrogen and oxygen atoms in total. The Morgan fingerprint density at radius 2 is 1.69 bits per heavy atom.